The number of nitrogens with one attached hydrogen (secondary N) is 1. The van der Waals surface area contributed by atoms with E-state index in [9.17, 15) is 14.4 Å². The molecule has 0 spiro atoms. The molecule has 2 aromatic carbocycles. The highest BCUT2D eigenvalue weighted by atomic mass is 16.2. The monoisotopic (exact) mass is 440 g/mol. The van der Waals surface area contributed by atoms with Crippen LogP contribution in [0.15, 0.2) is 60.7 Å². The molecule has 7 rings (SSSR count). The number of carbonyl (C=O) groups excluding carboxylic acids is 3. The first-order valence-corrected chi connectivity index (χ1v) is 11.9. The van der Waals surface area contributed by atoms with E-state index in [0.717, 1.165) is 28.8 Å². The minimum absolute atomic E-state index is 0.144. The Kier molecular flexibility index (Phi) is 4.58. The number of carbonyl (C=O) groups is 3. The first kappa shape index (κ1) is 20.4. The van der Waals surface area contributed by atoms with Gasteiger partial charge in [-0.25, -0.2) is 0 Å². The number of benzene rings is 2. The van der Waals surface area contributed by atoms with Crippen molar-refractivity contribution in [3.63, 3.8) is 0 Å². The normalized spacial score (nSPS) is 31.9. The smallest absolute Gasteiger partial charge is 0.248 e. The molecule has 4 aliphatic carbocycles. The zero-order valence-electron chi connectivity index (χ0n) is 18.9. The molecule has 7 atom stereocenters. The van der Waals surface area contributed by atoms with Gasteiger partial charge in [-0.1, -0.05) is 54.6 Å². The van der Waals surface area contributed by atoms with Crippen LogP contribution < -0.4 is 5.32 Å². The summed E-state index contributed by atoms with van der Waals surface area (Å²) in [5, 5.41) is 3.03. The lowest BCUT2D eigenvalue weighted by molar-refractivity contribution is -0.146. The highest BCUT2D eigenvalue weighted by Gasteiger charge is 2.67. The zero-order chi connectivity index (χ0) is 22.9. The van der Waals surface area contributed by atoms with E-state index in [0.29, 0.717) is 18.3 Å². The number of hydrogen-bond donors (Lipinski definition) is 1. The number of nitrogens with zero attached hydrogens (tertiary/aromatic N) is 1. The van der Waals surface area contributed by atoms with Crippen LogP contribution in [-0.2, 0) is 20.8 Å². The fourth-order valence-electron chi connectivity index (χ4n) is 6.53. The van der Waals surface area contributed by atoms with Crippen LogP contribution in [0.2, 0.25) is 0 Å². The summed E-state index contributed by atoms with van der Waals surface area (Å²) in [4.78, 5) is 42.4. The number of imide groups is 1. The number of amides is 3. The molecule has 3 fully saturated rings. The van der Waals surface area contributed by atoms with Crippen molar-refractivity contribution in [1.82, 2.24) is 4.90 Å². The Morgan fingerprint density at radius 3 is 2.21 bits per heavy atom. The van der Waals surface area contributed by atoms with Gasteiger partial charge in [0.05, 0.1) is 11.8 Å². The molecule has 0 aromatic heterocycles. The van der Waals surface area contributed by atoms with Crippen LogP contribution in [0, 0.1) is 49.4 Å². The van der Waals surface area contributed by atoms with Gasteiger partial charge >= 0.3 is 0 Å². The number of rotatable bonds is 5. The molecule has 0 radical (unpaired) electrons. The SMILES string of the molecule is Cc1cccc(NC(=O)C(Cc2ccccc2)N2C(=O)C3C4C=CC(C5CC45)C3C2=O)c1C. The lowest BCUT2D eigenvalue weighted by Crippen LogP contribution is -2.49. The topological polar surface area (TPSA) is 66.5 Å². The van der Waals surface area contributed by atoms with E-state index in [2.05, 4.69) is 17.5 Å². The van der Waals surface area contributed by atoms with Crippen LogP contribution in [0.5, 0.6) is 0 Å². The van der Waals surface area contributed by atoms with Crippen molar-refractivity contribution in [3.05, 3.63) is 77.4 Å². The third kappa shape index (κ3) is 3.09. The molecule has 5 aliphatic rings. The van der Waals surface area contributed by atoms with Crippen LogP contribution in [0.25, 0.3) is 0 Å². The van der Waals surface area contributed by atoms with Gasteiger partial charge in [0, 0.05) is 12.1 Å². The number of allylic oxidation sites excluding steroid dienone is 2. The van der Waals surface area contributed by atoms with Crippen LogP contribution in [0.3, 0.4) is 0 Å². The van der Waals surface area contributed by atoms with Gasteiger partial charge in [-0.15, -0.1) is 0 Å². The fourth-order valence-corrected chi connectivity index (χ4v) is 6.53. The van der Waals surface area contributed by atoms with E-state index in [1.807, 2.05) is 62.4 Å². The molecule has 168 valence electrons. The zero-order valence-corrected chi connectivity index (χ0v) is 18.9. The largest absolute Gasteiger partial charge is 0.324 e. The number of likely N-dealkylation sites (tertiary alicyclic amines) is 1. The molecule has 5 nitrogen and oxygen atoms in total. The van der Waals surface area contributed by atoms with Gasteiger partial charge in [0.15, 0.2) is 0 Å². The second-order valence-electron chi connectivity index (χ2n) is 10.1. The standard InChI is InChI=1S/C28H28N2O3/c1-15-7-6-10-22(16(15)2)29-26(31)23(13-17-8-4-3-5-9-17)30-27(32)24-18-11-12-19(21-14-20(18)21)25(24)28(30)33/h3-12,18-21,23-25H,13-14H2,1-2H3,(H,29,31). The van der Waals surface area contributed by atoms with Gasteiger partial charge < -0.3 is 5.32 Å². The predicted molar refractivity (Wildman–Crippen MR) is 125 cm³/mol. The molecule has 1 N–H and O–H groups in total. The predicted octanol–water partition coefficient (Wildman–Crippen LogP) is 3.91. The van der Waals surface area contributed by atoms with Crippen molar-refractivity contribution in [2.24, 2.45) is 35.5 Å². The van der Waals surface area contributed by atoms with Crippen LogP contribution in [-0.4, -0.2) is 28.7 Å². The summed E-state index contributed by atoms with van der Waals surface area (Å²) in [5.74, 6) is 0.128. The van der Waals surface area contributed by atoms with E-state index in [4.69, 9.17) is 0 Å². The van der Waals surface area contributed by atoms with Crippen LogP contribution >= 0.6 is 0 Å². The first-order chi connectivity index (χ1) is 16.0. The van der Waals surface area contributed by atoms with Crippen molar-refractivity contribution in [3.8, 4) is 0 Å². The summed E-state index contributed by atoms with van der Waals surface area (Å²) >= 11 is 0. The quantitative estimate of drug-likeness (QED) is 0.566. The van der Waals surface area contributed by atoms with Gasteiger partial charge in [-0.2, -0.15) is 0 Å². The number of hydrogen-bond acceptors (Lipinski definition) is 3. The Balaban J connectivity index is 1.34. The summed E-state index contributed by atoms with van der Waals surface area (Å²) in [6.07, 6.45) is 5.76. The van der Waals surface area contributed by atoms with Crippen molar-refractivity contribution in [1.29, 1.82) is 0 Å². The third-order valence-electron chi connectivity index (χ3n) is 8.45. The maximum absolute atomic E-state index is 13.7. The summed E-state index contributed by atoms with van der Waals surface area (Å²) in [6.45, 7) is 3.96. The maximum Gasteiger partial charge on any atom is 0.248 e. The van der Waals surface area contributed by atoms with Crippen LogP contribution in [0.4, 0.5) is 5.69 Å². The van der Waals surface area contributed by atoms with E-state index >= 15 is 0 Å². The van der Waals surface area contributed by atoms with Crippen molar-refractivity contribution in [2.45, 2.75) is 32.7 Å². The van der Waals surface area contributed by atoms with Gasteiger partial charge in [0.2, 0.25) is 17.7 Å². The molecular formula is C28H28N2O3. The number of aryl methyl sites for hydroxylation is 1. The Morgan fingerprint density at radius 1 is 0.939 bits per heavy atom. The molecule has 2 aromatic rings. The lowest BCUT2D eigenvalue weighted by Gasteiger charge is -2.37. The fraction of sp³-hybridized carbons (Fsp3) is 0.393. The third-order valence-corrected chi connectivity index (χ3v) is 8.45. The minimum Gasteiger partial charge on any atom is -0.324 e. The van der Waals surface area contributed by atoms with Gasteiger partial charge in [-0.3, -0.25) is 19.3 Å². The Morgan fingerprint density at radius 2 is 1.58 bits per heavy atom. The first-order valence-electron chi connectivity index (χ1n) is 11.9. The second-order valence-corrected chi connectivity index (χ2v) is 10.1. The average Bonchev–Trinajstić information content (AvgIpc) is 3.60. The molecule has 3 amide bonds. The second kappa shape index (κ2) is 7.41. The highest BCUT2D eigenvalue weighted by Crippen LogP contribution is 2.65. The average molecular weight is 441 g/mol. The molecule has 2 saturated carbocycles. The molecule has 5 heteroatoms. The molecule has 1 saturated heterocycles. The Bertz CT molecular complexity index is 1150. The summed E-state index contributed by atoms with van der Waals surface area (Å²) in [6, 6.07) is 14.5. The maximum atomic E-state index is 13.7. The van der Waals surface area contributed by atoms with E-state index in [1.54, 1.807) is 0 Å². The molecule has 33 heavy (non-hydrogen) atoms. The van der Waals surface area contributed by atoms with Crippen LogP contribution in [0.1, 0.15) is 23.1 Å². The molecule has 1 aliphatic heterocycles. The Labute approximate surface area is 193 Å². The Hall–Kier alpha value is -3.21. The van der Waals surface area contributed by atoms with Crippen molar-refractivity contribution >= 4 is 23.4 Å². The van der Waals surface area contributed by atoms with Crippen molar-refractivity contribution in [2.75, 3.05) is 5.32 Å². The molecular weight excluding hydrogens is 412 g/mol. The number of anilines is 1. The molecule has 7 unspecified atom stereocenters. The van der Waals surface area contributed by atoms with Gasteiger partial charge in [0.1, 0.15) is 6.04 Å². The highest BCUT2D eigenvalue weighted by molar-refractivity contribution is 6.11. The van der Waals surface area contributed by atoms with E-state index in [1.165, 1.54) is 4.90 Å². The van der Waals surface area contributed by atoms with Gasteiger partial charge in [-0.05, 0) is 66.7 Å². The van der Waals surface area contributed by atoms with Gasteiger partial charge in [0.25, 0.3) is 0 Å². The molecule has 1 heterocycles. The molecule has 2 bridgehead atoms. The lowest BCUT2D eigenvalue weighted by atomic mass is 9.63. The minimum atomic E-state index is -0.867. The van der Waals surface area contributed by atoms with Crippen molar-refractivity contribution < 1.29 is 14.4 Å². The van der Waals surface area contributed by atoms with E-state index < -0.39 is 6.04 Å². The summed E-state index contributed by atoms with van der Waals surface area (Å²) in [5.41, 5.74) is 3.71. The summed E-state index contributed by atoms with van der Waals surface area (Å²) in [7, 11) is 0. The summed E-state index contributed by atoms with van der Waals surface area (Å²) < 4.78 is 0. The van der Waals surface area contributed by atoms with E-state index in [-0.39, 0.29) is 41.4 Å².